The Hall–Kier alpha value is -11.4. The Balaban J connectivity index is 0.848. The Morgan fingerprint density at radius 3 is 1.13 bits per heavy atom. The summed E-state index contributed by atoms with van der Waals surface area (Å²) in [4.78, 5) is 26.3. The van der Waals surface area contributed by atoms with Crippen LogP contribution in [0, 0.1) is 0 Å². The molecule has 2 aromatic heterocycles. The summed E-state index contributed by atoms with van der Waals surface area (Å²) in [6.07, 6.45) is 7.18. The van der Waals surface area contributed by atoms with Crippen LogP contribution in [0.2, 0.25) is 0 Å². The van der Waals surface area contributed by atoms with Gasteiger partial charge in [-0.3, -0.25) is 5.43 Å². The summed E-state index contributed by atoms with van der Waals surface area (Å²) in [5.74, 6) is 2.53. The lowest BCUT2D eigenvalue weighted by Gasteiger charge is -2.08. The maximum Gasteiger partial charge on any atom is 0.330 e. The van der Waals surface area contributed by atoms with Crippen molar-refractivity contribution in [2.24, 2.45) is 30.7 Å². The van der Waals surface area contributed by atoms with Crippen LogP contribution in [0.4, 0.5) is 23.3 Å². The number of nitrogens with zero attached hydrogens (tertiary/aromatic N) is 12. The van der Waals surface area contributed by atoms with Crippen LogP contribution in [0.25, 0.3) is 23.3 Å². The van der Waals surface area contributed by atoms with E-state index in [1.807, 2.05) is 194 Å². The molecule has 0 saturated heterocycles. The monoisotopic (exact) mass is 1020 g/mol. The average molecular weight is 1030 g/mol. The van der Waals surface area contributed by atoms with Crippen molar-refractivity contribution in [3.63, 3.8) is 0 Å². The smallest absolute Gasteiger partial charge is 0.330 e. The predicted molar refractivity (Wildman–Crippen MR) is 300 cm³/mol. The van der Waals surface area contributed by atoms with Crippen molar-refractivity contribution in [3.8, 4) is 58.2 Å². The molecule has 0 aliphatic rings. The number of nitrogens with one attached hydrogen (secondary N) is 2. The minimum absolute atomic E-state index is 0.00494. The third-order valence-corrected chi connectivity index (χ3v) is 10.6. The number of hydrogen-bond acceptors (Lipinski definition) is 16. The minimum Gasteiger partial charge on any atom is -0.424 e. The SMILES string of the molecule is C(=C\c1ccccc1)/C(N=Nc1nc(Oc2ccccc2)nc(Oc2ccccc2)n1)=N/Nc1ccc(-c2ccc(N=NC(/C=C/c3ccccc3)=N\Nc3nc(Oc4ccccc4)nc(Oc4ccccc4)n3)cc2)cc1. The van der Waals surface area contributed by atoms with Crippen LogP contribution in [-0.4, -0.2) is 41.6 Å². The summed E-state index contributed by atoms with van der Waals surface area (Å²) in [6.45, 7) is 0. The van der Waals surface area contributed by atoms with Gasteiger partial charge in [-0.15, -0.1) is 30.4 Å². The third kappa shape index (κ3) is 15.3. The maximum absolute atomic E-state index is 5.94. The van der Waals surface area contributed by atoms with Crippen LogP contribution in [0.15, 0.2) is 273 Å². The number of benzene rings is 8. The second-order valence-electron chi connectivity index (χ2n) is 16.3. The number of hydrazone groups is 2. The molecule has 8 aromatic carbocycles. The molecule has 0 spiro atoms. The number of rotatable bonds is 19. The van der Waals surface area contributed by atoms with Gasteiger partial charge in [-0.2, -0.15) is 30.1 Å². The fraction of sp³-hybridized carbons (Fsp3) is 0. The summed E-state index contributed by atoms with van der Waals surface area (Å²) >= 11 is 0. The molecule has 18 heteroatoms. The Morgan fingerprint density at radius 1 is 0.346 bits per heavy atom. The first-order valence-corrected chi connectivity index (χ1v) is 24.2. The van der Waals surface area contributed by atoms with Crippen LogP contribution >= 0.6 is 0 Å². The van der Waals surface area contributed by atoms with Gasteiger partial charge in [0.25, 0.3) is 11.9 Å². The molecule has 2 N–H and O–H groups in total. The molecule has 18 nitrogen and oxygen atoms in total. The molecule has 0 aliphatic heterocycles. The van der Waals surface area contributed by atoms with Crippen LogP contribution in [0.1, 0.15) is 11.1 Å². The highest BCUT2D eigenvalue weighted by Crippen LogP contribution is 2.28. The first-order chi connectivity index (χ1) is 38.6. The Bertz CT molecular complexity index is 3590. The highest BCUT2D eigenvalue weighted by molar-refractivity contribution is 5.98. The number of aromatic nitrogens is 6. The van der Waals surface area contributed by atoms with Gasteiger partial charge in [0.15, 0.2) is 11.7 Å². The van der Waals surface area contributed by atoms with Crippen LogP contribution in [0.3, 0.4) is 0 Å². The highest BCUT2D eigenvalue weighted by Gasteiger charge is 2.13. The number of hydrogen-bond donors (Lipinski definition) is 2. The van der Waals surface area contributed by atoms with E-state index in [0.29, 0.717) is 34.4 Å². The Kier molecular flexibility index (Phi) is 16.7. The molecular formula is C60H44N14O4. The summed E-state index contributed by atoms with van der Waals surface area (Å²) in [7, 11) is 0. The summed E-state index contributed by atoms with van der Waals surface area (Å²) in [5, 5.41) is 26.8. The summed E-state index contributed by atoms with van der Waals surface area (Å²) in [5.41, 5.74) is 11.0. The maximum atomic E-state index is 5.94. The van der Waals surface area contributed by atoms with Crippen molar-refractivity contribution in [1.82, 2.24) is 29.9 Å². The van der Waals surface area contributed by atoms with Gasteiger partial charge in [0.05, 0.1) is 11.4 Å². The number of anilines is 2. The quantitative estimate of drug-likeness (QED) is 0.0335. The molecule has 2 heterocycles. The van der Waals surface area contributed by atoms with E-state index >= 15 is 0 Å². The topological polar surface area (TPSA) is 212 Å². The van der Waals surface area contributed by atoms with Crippen LogP contribution in [0.5, 0.6) is 47.0 Å². The molecule has 0 radical (unpaired) electrons. The van der Waals surface area contributed by atoms with Gasteiger partial charge in [0.2, 0.25) is 0 Å². The van der Waals surface area contributed by atoms with E-state index in [1.54, 1.807) is 60.7 Å². The fourth-order valence-electron chi connectivity index (χ4n) is 6.87. The molecule has 0 saturated carbocycles. The molecular weight excluding hydrogens is 981 g/mol. The standard InChI is InChI=1S/C60H44N14O4/c1-7-19-43(20-8-1)31-41-53(71-73-55-61-57(75-49-23-11-3-12-24-49)65-58(62-55)76-50-25-13-4-14-26-50)69-67-47-37-33-45(34-38-47)46-35-39-48(40-36-46)68-70-54(42-32-44-21-9-2-10-22-44)72-74-56-63-59(77-51-27-15-5-16-28-51)66-60(64-56)78-52-29-17-6-18-30-52/h1-42,67H,(H,63,64,66,74)/b41-31+,42-32+,69-53-,70-68?,72-54-,73-71?. The zero-order valence-corrected chi connectivity index (χ0v) is 41.2. The number of ether oxygens (including phenoxy) is 4. The van der Waals surface area contributed by atoms with Gasteiger partial charge in [-0.05, 0) is 107 Å². The molecule has 78 heavy (non-hydrogen) atoms. The van der Waals surface area contributed by atoms with E-state index < -0.39 is 0 Å². The number of para-hydroxylation sites is 4. The van der Waals surface area contributed by atoms with Gasteiger partial charge in [0.1, 0.15) is 23.0 Å². The first-order valence-electron chi connectivity index (χ1n) is 24.2. The lowest BCUT2D eigenvalue weighted by molar-refractivity contribution is 0.397. The van der Waals surface area contributed by atoms with Crippen molar-refractivity contribution >= 4 is 47.1 Å². The van der Waals surface area contributed by atoms with Gasteiger partial charge < -0.3 is 18.9 Å². The van der Waals surface area contributed by atoms with Crippen molar-refractivity contribution in [2.45, 2.75) is 0 Å². The van der Waals surface area contributed by atoms with E-state index in [1.165, 1.54) is 0 Å². The Labute approximate surface area is 447 Å². The van der Waals surface area contributed by atoms with E-state index in [9.17, 15) is 0 Å². The summed E-state index contributed by atoms with van der Waals surface area (Å²) < 4.78 is 23.7. The largest absolute Gasteiger partial charge is 0.424 e. The van der Waals surface area contributed by atoms with Gasteiger partial charge >= 0.3 is 24.0 Å². The average Bonchev–Trinajstić information content (AvgIpc) is 3.49. The van der Waals surface area contributed by atoms with Crippen molar-refractivity contribution in [2.75, 3.05) is 10.9 Å². The number of azo groups is 2. The molecule has 0 unspecified atom stereocenters. The zero-order valence-electron chi connectivity index (χ0n) is 41.2. The second-order valence-corrected chi connectivity index (χ2v) is 16.3. The normalized spacial score (nSPS) is 11.8. The van der Waals surface area contributed by atoms with Gasteiger partial charge in [-0.25, -0.2) is 5.43 Å². The first kappa shape index (κ1) is 50.1. The lowest BCUT2D eigenvalue weighted by Crippen LogP contribution is -2.04. The van der Waals surface area contributed by atoms with E-state index in [4.69, 9.17) is 18.9 Å². The van der Waals surface area contributed by atoms with Gasteiger partial charge in [-0.1, -0.05) is 170 Å². The highest BCUT2D eigenvalue weighted by atomic mass is 16.5. The van der Waals surface area contributed by atoms with Crippen molar-refractivity contribution in [3.05, 3.63) is 254 Å². The lowest BCUT2D eigenvalue weighted by atomic mass is 10.1. The molecule has 10 rings (SSSR count). The molecule has 378 valence electrons. The predicted octanol–water partition coefficient (Wildman–Crippen LogP) is 15.3. The van der Waals surface area contributed by atoms with Crippen molar-refractivity contribution < 1.29 is 18.9 Å². The summed E-state index contributed by atoms with van der Waals surface area (Å²) in [6, 6.07) is 71.4. The van der Waals surface area contributed by atoms with Crippen LogP contribution in [-0.2, 0) is 0 Å². The zero-order chi connectivity index (χ0) is 52.8. The van der Waals surface area contributed by atoms with E-state index in [-0.39, 0.29) is 47.6 Å². The third-order valence-electron chi connectivity index (χ3n) is 10.6. The van der Waals surface area contributed by atoms with E-state index in [0.717, 1.165) is 22.3 Å². The molecule has 0 amide bonds. The second kappa shape index (κ2) is 26.0. The fourth-order valence-corrected chi connectivity index (χ4v) is 6.87. The van der Waals surface area contributed by atoms with Gasteiger partial charge in [0, 0.05) is 0 Å². The van der Waals surface area contributed by atoms with Crippen LogP contribution < -0.4 is 29.8 Å². The van der Waals surface area contributed by atoms with Crippen molar-refractivity contribution in [1.29, 1.82) is 0 Å². The minimum atomic E-state index is -0.0605. The molecule has 0 bridgehead atoms. The molecule has 0 aliphatic carbocycles. The Morgan fingerprint density at radius 2 is 0.705 bits per heavy atom. The van der Waals surface area contributed by atoms with E-state index in [2.05, 4.69) is 71.4 Å². The molecule has 0 atom stereocenters. The molecule has 0 fully saturated rings. The number of amidine groups is 2. The molecule has 10 aromatic rings.